The van der Waals surface area contributed by atoms with E-state index >= 15 is 0 Å². The standard InChI is InChI=1S/C21H35FO2/c1-19-10-11-21(23,13-22)12-14(19)4-5-15-16-6-7-18(24-3)20(16,2)9-8-17(15)19/h14-18,23H,4-13H2,1-3H3/t14?,15-,16-,17+,18?,19-,20-,21?/m0/s1. The van der Waals surface area contributed by atoms with Crippen molar-refractivity contribution in [1.82, 2.24) is 0 Å². The number of rotatable bonds is 2. The Kier molecular flexibility index (Phi) is 4.08. The van der Waals surface area contributed by atoms with Crippen LogP contribution in [0.1, 0.15) is 71.6 Å². The Morgan fingerprint density at radius 2 is 1.71 bits per heavy atom. The van der Waals surface area contributed by atoms with Crippen LogP contribution in [0.2, 0.25) is 0 Å². The SMILES string of the molecule is COC1CC[C@H]2[C@@H]3CCC4CC(O)(CF)CC[C@]4(C)[C@@H]3CC[C@]12C. The monoisotopic (exact) mass is 338 g/mol. The van der Waals surface area contributed by atoms with Gasteiger partial charge in [-0.1, -0.05) is 13.8 Å². The molecule has 0 spiro atoms. The quantitative estimate of drug-likeness (QED) is 0.788. The minimum atomic E-state index is -1.03. The lowest BCUT2D eigenvalue weighted by atomic mass is 9.44. The summed E-state index contributed by atoms with van der Waals surface area (Å²) in [6.45, 7) is 4.38. The summed E-state index contributed by atoms with van der Waals surface area (Å²) in [5, 5.41) is 10.5. The number of fused-ring (bicyclic) bond motifs is 5. The Hall–Kier alpha value is -0.150. The normalized spacial score (nSPS) is 57.1. The third-order valence-corrected chi connectivity index (χ3v) is 9.27. The van der Waals surface area contributed by atoms with Crippen molar-refractivity contribution in [2.75, 3.05) is 13.8 Å². The lowest BCUT2D eigenvalue weighted by molar-refractivity contribution is -0.160. The van der Waals surface area contributed by atoms with Gasteiger partial charge in [0.05, 0.1) is 11.7 Å². The van der Waals surface area contributed by atoms with E-state index in [1.165, 1.54) is 38.5 Å². The lowest BCUT2D eigenvalue weighted by Gasteiger charge is -2.61. The van der Waals surface area contributed by atoms with Crippen LogP contribution in [-0.2, 0) is 4.74 Å². The summed E-state index contributed by atoms with van der Waals surface area (Å²) in [6, 6.07) is 0. The van der Waals surface area contributed by atoms with Gasteiger partial charge in [-0.25, -0.2) is 4.39 Å². The minimum absolute atomic E-state index is 0.316. The van der Waals surface area contributed by atoms with E-state index in [2.05, 4.69) is 13.8 Å². The molecule has 0 heterocycles. The second kappa shape index (κ2) is 5.67. The van der Waals surface area contributed by atoms with Crippen molar-refractivity contribution in [3.8, 4) is 0 Å². The maximum absolute atomic E-state index is 13.3. The summed E-state index contributed by atoms with van der Waals surface area (Å²) in [6.07, 6.45) is 10.4. The fourth-order valence-electron chi connectivity index (χ4n) is 7.78. The topological polar surface area (TPSA) is 29.5 Å². The predicted octanol–water partition coefficient (Wildman–Crippen LogP) is 4.74. The number of aliphatic hydroxyl groups is 1. The molecule has 3 unspecified atom stereocenters. The fraction of sp³-hybridized carbons (Fsp3) is 1.00. The lowest BCUT2D eigenvalue weighted by Crippen LogP contribution is -2.56. The number of alkyl halides is 1. The second-order valence-electron chi connectivity index (χ2n) is 10.1. The average Bonchev–Trinajstić information content (AvgIpc) is 2.92. The van der Waals surface area contributed by atoms with Gasteiger partial charge in [-0.15, -0.1) is 0 Å². The van der Waals surface area contributed by atoms with Crippen LogP contribution in [0.25, 0.3) is 0 Å². The Labute approximate surface area is 146 Å². The molecule has 4 fully saturated rings. The first-order chi connectivity index (χ1) is 11.4. The second-order valence-corrected chi connectivity index (χ2v) is 10.1. The first kappa shape index (κ1) is 17.3. The van der Waals surface area contributed by atoms with Gasteiger partial charge < -0.3 is 9.84 Å². The van der Waals surface area contributed by atoms with Crippen LogP contribution in [-0.4, -0.2) is 30.6 Å². The number of hydrogen-bond donors (Lipinski definition) is 1. The van der Waals surface area contributed by atoms with Crippen LogP contribution in [0, 0.1) is 34.5 Å². The maximum atomic E-state index is 13.3. The molecule has 0 radical (unpaired) electrons. The molecule has 4 saturated carbocycles. The van der Waals surface area contributed by atoms with Crippen molar-refractivity contribution >= 4 is 0 Å². The van der Waals surface area contributed by atoms with Gasteiger partial charge in [0.15, 0.2) is 0 Å². The van der Waals surface area contributed by atoms with E-state index in [4.69, 9.17) is 4.74 Å². The Morgan fingerprint density at radius 1 is 0.958 bits per heavy atom. The van der Waals surface area contributed by atoms with Gasteiger partial charge in [-0.05, 0) is 92.3 Å². The summed E-state index contributed by atoms with van der Waals surface area (Å²) in [7, 11) is 1.89. The van der Waals surface area contributed by atoms with Crippen molar-refractivity contribution in [2.24, 2.45) is 34.5 Å². The number of methoxy groups -OCH3 is 1. The first-order valence-electron chi connectivity index (χ1n) is 10.2. The van der Waals surface area contributed by atoms with Gasteiger partial charge >= 0.3 is 0 Å². The highest BCUT2D eigenvalue weighted by Gasteiger charge is 2.61. The Balaban J connectivity index is 1.58. The Morgan fingerprint density at radius 3 is 2.42 bits per heavy atom. The molecule has 2 nitrogen and oxygen atoms in total. The predicted molar refractivity (Wildman–Crippen MR) is 93.4 cm³/mol. The Bertz CT molecular complexity index is 496. The van der Waals surface area contributed by atoms with Crippen LogP contribution < -0.4 is 0 Å². The molecule has 8 atom stereocenters. The van der Waals surface area contributed by atoms with Crippen molar-refractivity contribution in [1.29, 1.82) is 0 Å². The number of ether oxygens (including phenoxy) is 1. The van der Waals surface area contributed by atoms with Crippen LogP contribution in [0.3, 0.4) is 0 Å². The number of halogens is 1. The maximum Gasteiger partial charge on any atom is 0.118 e. The van der Waals surface area contributed by atoms with Gasteiger partial charge in [0.2, 0.25) is 0 Å². The highest BCUT2D eigenvalue weighted by atomic mass is 19.1. The molecule has 0 saturated heterocycles. The highest BCUT2D eigenvalue weighted by Crippen LogP contribution is 2.67. The van der Waals surface area contributed by atoms with E-state index < -0.39 is 12.3 Å². The molecule has 0 aromatic rings. The van der Waals surface area contributed by atoms with Crippen molar-refractivity contribution in [3.05, 3.63) is 0 Å². The van der Waals surface area contributed by atoms with E-state index in [9.17, 15) is 9.50 Å². The van der Waals surface area contributed by atoms with Crippen molar-refractivity contribution in [3.63, 3.8) is 0 Å². The molecule has 1 N–H and O–H groups in total. The summed E-state index contributed by atoms with van der Waals surface area (Å²) < 4.78 is 19.2. The largest absolute Gasteiger partial charge is 0.387 e. The third-order valence-electron chi connectivity index (χ3n) is 9.27. The summed E-state index contributed by atoms with van der Waals surface area (Å²) in [4.78, 5) is 0. The van der Waals surface area contributed by atoms with Crippen LogP contribution in [0.4, 0.5) is 4.39 Å². The molecular formula is C21H35FO2. The molecule has 0 aromatic heterocycles. The molecule has 3 heteroatoms. The van der Waals surface area contributed by atoms with Gasteiger partial charge in [0, 0.05) is 7.11 Å². The summed E-state index contributed by atoms with van der Waals surface area (Å²) >= 11 is 0. The molecule has 4 rings (SSSR count). The van der Waals surface area contributed by atoms with Crippen LogP contribution in [0.15, 0.2) is 0 Å². The highest BCUT2D eigenvalue weighted by molar-refractivity contribution is 5.10. The van der Waals surface area contributed by atoms with Crippen molar-refractivity contribution < 1.29 is 14.2 Å². The third kappa shape index (κ3) is 2.26. The van der Waals surface area contributed by atoms with Gasteiger partial charge in [0.25, 0.3) is 0 Å². The molecule has 0 aromatic carbocycles. The minimum Gasteiger partial charge on any atom is -0.387 e. The zero-order valence-corrected chi connectivity index (χ0v) is 15.7. The van der Waals surface area contributed by atoms with Crippen molar-refractivity contribution in [2.45, 2.75) is 83.3 Å². The average molecular weight is 339 g/mol. The summed E-state index contributed by atoms with van der Waals surface area (Å²) in [5.74, 6) is 2.91. The van der Waals surface area contributed by atoms with Crippen LogP contribution >= 0.6 is 0 Å². The van der Waals surface area contributed by atoms with Gasteiger partial charge in [0.1, 0.15) is 6.67 Å². The van der Waals surface area contributed by atoms with Gasteiger partial charge in [-0.3, -0.25) is 0 Å². The fourth-order valence-corrected chi connectivity index (χ4v) is 7.78. The van der Waals surface area contributed by atoms with E-state index in [0.717, 1.165) is 24.2 Å². The van der Waals surface area contributed by atoms with E-state index in [-0.39, 0.29) is 0 Å². The zero-order valence-electron chi connectivity index (χ0n) is 15.7. The molecule has 0 bridgehead atoms. The van der Waals surface area contributed by atoms with E-state index in [1.54, 1.807) is 0 Å². The molecule has 0 aliphatic heterocycles. The molecule has 4 aliphatic carbocycles. The number of hydrogen-bond acceptors (Lipinski definition) is 2. The first-order valence-corrected chi connectivity index (χ1v) is 10.2. The molecular weight excluding hydrogens is 303 g/mol. The van der Waals surface area contributed by atoms with Gasteiger partial charge in [-0.2, -0.15) is 0 Å². The van der Waals surface area contributed by atoms with E-state index in [1.807, 2.05) is 7.11 Å². The molecule has 138 valence electrons. The molecule has 24 heavy (non-hydrogen) atoms. The molecule has 0 amide bonds. The van der Waals surface area contributed by atoms with E-state index in [0.29, 0.717) is 35.7 Å². The smallest absolute Gasteiger partial charge is 0.118 e. The molecule has 4 aliphatic rings. The zero-order chi connectivity index (χ0) is 17.2. The van der Waals surface area contributed by atoms with Crippen LogP contribution in [0.5, 0.6) is 0 Å². The summed E-state index contributed by atoms with van der Waals surface area (Å²) in [5.41, 5.74) is -0.348.